The van der Waals surface area contributed by atoms with Gasteiger partial charge in [0, 0.05) is 11.3 Å². The highest BCUT2D eigenvalue weighted by Crippen LogP contribution is 2.29. The fraction of sp³-hybridized carbons (Fsp3) is 0.556. The molecule has 0 radical (unpaired) electrons. The third kappa shape index (κ3) is 1.33. The molecule has 2 nitrogen and oxygen atoms in total. The number of aryl methyl sites for hydroxylation is 2. The van der Waals surface area contributed by atoms with E-state index in [0.717, 1.165) is 12.2 Å². The zero-order valence-corrected chi connectivity index (χ0v) is 8.24. The molecular formula is C9H12N2S. The van der Waals surface area contributed by atoms with E-state index >= 15 is 0 Å². The maximum Gasteiger partial charge on any atom is 0.126 e. The Bertz CT molecular complexity index is 310. The fourth-order valence-electron chi connectivity index (χ4n) is 1.53. The van der Waals surface area contributed by atoms with E-state index in [9.17, 15) is 0 Å². The summed E-state index contributed by atoms with van der Waals surface area (Å²) in [4.78, 5) is 8.79. The number of aromatic nitrogens is 2. The minimum Gasteiger partial charge on any atom is -0.238 e. The molecule has 0 saturated heterocycles. The molecule has 2 heterocycles. The van der Waals surface area contributed by atoms with E-state index in [1.807, 2.05) is 18.7 Å². The van der Waals surface area contributed by atoms with Crippen LogP contribution in [0.2, 0.25) is 0 Å². The molecule has 1 aliphatic heterocycles. The van der Waals surface area contributed by atoms with E-state index in [2.05, 4.69) is 16.9 Å². The quantitative estimate of drug-likeness (QED) is 0.572. The van der Waals surface area contributed by atoms with Gasteiger partial charge in [0.15, 0.2) is 0 Å². The third-order valence-corrected chi connectivity index (χ3v) is 3.20. The van der Waals surface area contributed by atoms with Crippen molar-refractivity contribution in [2.45, 2.75) is 31.7 Å². The molecule has 0 N–H and O–H groups in total. The van der Waals surface area contributed by atoms with Crippen molar-refractivity contribution in [1.82, 2.24) is 9.97 Å². The predicted octanol–water partition coefficient (Wildman–Crippen LogP) is 2.13. The summed E-state index contributed by atoms with van der Waals surface area (Å²) >= 11 is 1.87. The number of thioether (sulfide) groups is 1. The second-order valence-corrected chi connectivity index (χ2v) is 4.18. The molecule has 3 heteroatoms. The normalized spacial score (nSPS) is 15.8. The van der Waals surface area contributed by atoms with Crippen LogP contribution < -0.4 is 0 Å². The molecule has 0 atom stereocenters. The Morgan fingerprint density at radius 1 is 1.25 bits per heavy atom. The van der Waals surface area contributed by atoms with Crippen LogP contribution in [0.25, 0.3) is 0 Å². The van der Waals surface area contributed by atoms with Crippen molar-refractivity contribution < 1.29 is 0 Å². The SMILES string of the molecule is Cc1nc(C)c2c(n1)SCCC2. The highest BCUT2D eigenvalue weighted by atomic mass is 32.2. The van der Waals surface area contributed by atoms with Gasteiger partial charge in [-0.25, -0.2) is 9.97 Å². The summed E-state index contributed by atoms with van der Waals surface area (Å²) in [5, 5.41) is 1.21. The number of hydrogen-bond donors (Lipinski definition) is 0. The second-order valence-electron chi connectivity index (χ2n) is 3.09. The Balaban J connectivity index is 2.53. The third-order valence-electron chi connectivity index (χ3n) is 2.10. The molecular weight excluding hydrogens is 168 g/mol. The smallest absolute Gasteiger partial charge is 0.126 e. The fourth-order valence-corrected chi connectivity index (χ4v) is 2.63. The maximum absolute atomic E-state index is 4.43. The topological polar surface area (TPSA) is 25.8 Å². The van der Waals surface area contributed by atoms with Gasteiger partial charge in [-0.1, -0.05) is 0 Å². The Hall–Kier alpha value is -0.570. The molecule has 0 bridgehead atoms. The largest absolute Gasteiger partial charge is 0.238 e. The molecule has 0 saturated carbocycles. The Labute approximate surface area is 76.8 Å². The predicted molar refractivity (Wildman–Crippen MR) is 50.6 cm³/mol. The molecule has 0 spiro atoms. The first-order valence-corrected chi connectivity index (χ1v) is 5.23. The van der Waals surface area contributed by atoms with E-state index in [4.69, 9.17) is 0 Å². The van der Waals surface area contributed by atoms with Crippen molar-refractivity contribution in [1.29, 1.82) is 0 Å². The first-order chi connectivity index (χ1) is 5.77. The van der Waals surface area contributed by atoms with Crippen LogP contribution in [-0.4, -0.2) is 15.7 Å². The minimum absolute atomic E-state index is 0.903. The Morgan fingerprint density at radius 2 is 2.08 bits per heavy atom. The summed E-state index contributed by atoms with van der Waals surface area (Å²) in [6.45, 7) is 4.04. The van der Waals surface area contributed by atoms with Crippen LogP contribution in [-0.2, 0) is 6.42 Å². The zero-order chi connectivity index (χ0) is 8.55. The molecule has 2 rings (SSSR count). The van der Waals surface area contributed by atoms with Crippen LogP contribution in [0.15, 0.2) is 5.03 Å². The van der Waals surface area contributed by atoms with Crippen LogP contribution >= 0.6 is 11.8 Å². The molecule has 0 unspecified atom stereocenters. The first-order valence-electron chi connectivity index (χ1n) is 4.24. The molecule has 12 heavy (non-hydrogen) atoms. The summed E-state index contributed by atoms with van der Waals surface area (Å²) in [5.74, 6) is 2.11. The van der Waals surface area contributed by atoms with E-state index in [1.165, 1.54) is 28.5 Å². The Morgan fingerprint density at radius 3 is 2.92 bits per heavy atom. The van der Waals surface area contributed by atoms with Crippen LogP contribution in [0, 0.1) is 13.8 Å². The van der Waals surface area contributed by atoms with Gasteiger partial charge in [0.2, 0.25) is 0 Å². The first kappa shape index (κ1) is 8.05. The van der Waals surface area contributed by atoms with Crippen molar-refractivity contribution in [2.24, 2.45) is 0 Å². The average molecular weight is 180 g/mol. The van der Waals surface area contributed by atoms with E-state index in [0.29, 0.717) is 0 Å². The molecule has 0 aromatic carbocycles. The van der Waals surface area contributed by atoms with Gasteiger partial charge in [0.25, 0.3) is 0 Å². The van der Waals surface area contributed by atoms with Gasteiger partial charge in [-0.3, -0.25) is 0 Å². The summed E-state index contributed by atoms with van der Waals surface area (Å²) in [6.07, 6.45) is 2.43. The van der Waals surface area contributed by atoms with Crippen LogP contribution in [0.5, 0.6) is 0 Å². The zero-order valence-electron chi connectivity index (χ0n) is 7.42. The maximum atomic E-state index is 4.43. The van der Waals surface area contributed by atoms with Crippen molar-refractivity contribution in [3.05, 3.63) is 17.1 Å². The lowest BCUT2D eigenvalue weighted by atomic mass is 10.1. The van der Waals surface area contributed by atoms with Gasteiger partial charge in [0.05, 0.1) is 0 Å². The van der Waals surface area contributed by atoms with Gasteiger partial charge in [-0.05, 0) is 32.4 Å². The molecule has 0 aliphatic carbocycles. The van der Waals surface area contributed by atoms with Crippen molar-refractivity contribution in [3.63, 3.8) is 0 Å². The van der Waals surface area contributed by atoms with Crippen LogP contribution in [0.3, 0.4) is 0 Å². The Kier molecular flexibility index (Phi) is 2.05. The number of fused-ring (bicyclic) bond motifs is 1. The summed E-state index contributed by atoms with van der Waals surface area (Å²) in [6, 6.07) is 0. The lowest BCUT2D eigenvalue weighted by Crippen LogP contribution is -2.06. The summed E-state index contributed by atoms with van der Waals surface area (Å²) in [7, 11) is 0. The van der Waals surface area contributed by atoms with Gasteiger partial charge in [0.1, 0.15) is 10.9 Å². The lowest BCUT2D eigenvalue weighted by molar-refractivity contribution is 0.801. The van der Waals surface area contributed by atoms with Gasteiger partial charge >= 0.3 is 0 Å². The van der Waals surface area contributed by atoms with E-state index < -0.39 is 0 Å². The molecule has 0 amide bonds. The van der Waals surface area contributed by atoms with Crippen LogP contribution in [0.1, 0.15) is 23.5 Å². The standard InChI is InChI=1S/C9H12N2S/c1-6-8-4-3-5-12-9(8)11-7(2)10-6/h3-5H2,1-2H3. The van der Waals surface area contributed by atoms with Crippen LogP contribution in [0.4, 0.5) is 0 Å². The molecule has 1 aliphatic rings. The highest BCUT2D eigenvalue weighted by Gasteiger charge is 2.14. The average Bonchev–Trinajstić information content (AvgIpc) is 2.04. The second kappa shape index (κ2) is 3.05. The monoisotopic (exact) mass is 180 g/mol. The van der Waals surface area contributed by atoms with E-state index in [-0.39, 0.29) is 0 Å². The lowest BCUT2D eigenvalue weighted by Gasteiger charge is -2.15. The number of rotatable bonds is 0. The highest BCUT2D eigenvalue weighted by molar-refractivity contribution is 7.99. The van der Waals surface area contributed by atoms with Crippen molar-refractivity contribution >= 4 is 11.8 Å². The number of hydrogen-bond acceptors (Lipinski definition) is 3. The summed E-state index contributed by atoms with van der Waals surface area (Å²) in [5.41, 5.74) is 2.54. The molecule has 64 valence electrons. The summed E-state index contributed by atoms with van der Waals surface area (Å²) < 4.78 is 0. The van der Waals surface area contributed by atoms with Gasteiger partial charge in [-0.15, -0.1) is 11.8 Å². The molecule has 1 aromatic rings. The van der Waals surface area contributed by atoms with Crippen molar-refractivity contribution in [3.8, 4) is 0 Å². The number of nitrogens with zero attached hydrogens (tertiary/aromatic N) is 2. The van der Waals surface area contributed by atoms with Gasteiger partial charge in [-0.2, -0.15) is 0 Å². The van der Waals surface area contributed by atoms with Crippen molar-refractivity contribution in [2.75, 3.05) is 5.75 Å². The van der Waals surface area contributed by atoms with E-state index in [1.54, 1.807) is 0 Å². The molecule has 1 aromatic heterocycles. The minimum atomic E-state index is 0.903. The van der Waals surface area contributed by atoms with Gasteiger partial charge < -0.3 is 0 Å². The molecule has 0 fully saturated rings.